The van der Waals surface area contributed by atoms with Crippen LogP contribution in [0.1, 0.15) is 62.4 Å². The maximum absolute atomic E-state index is 12.6. The maximum atomic E-state index is 12.6. The lowest BCUT2D eigenvalue weighted by Gasteiger charge is -2.12. The molecule has 0 bridgehead atoms. The smallest absolute Gasteiger partial charge is 0.185 e. The number of benzene rings is 2. The summed E-state index contributed by atoms with van der Waals surface area (Å²) in [6.45, 7) is 8.13. The van der Waals surface area contributed by atoms with Gasteiger partial charge < -0.3 is 14.2 Å². The predicted molar refractivity (Wildman–Crippen MR) is 118 cm³/mol. The van der Waals surface area contributed by atoms with Crippen LogP contribution >= 0.6 is 0 Å². The first kappa shape index (κ1) is 22.5. The van der Waals surface area contributed by atoms with Gasteiger partial charge in [-0.1, -0.05) is 26.7 Å². The fourth-order valence-electron chi connectivity index (χ4n) is 2.68. The van der Waals surface area contributed by atoms with Crippen molar-refractivity contribution in [3.8, 4) is 17.2 Å². The van der Waals surface area contributed by atoms with E-state index in [-0.39, 0.29) is 5.78 Å². The molecule has 0 spiro atoms. The Morgan fingerprint density at radius 2 is 1.48 bits per heavy atom. The van der Waals surface area contributed by atoms with Gasteiger partial charge in [-0.2, -0.15) is 0 Å². The SMILES string of the molecule is CCCCOc1ccc(OCCCC)c(C=CC(=O)c2ccc(OCC)cc2)c1. The molecule has 2 aromatic carbocycles. The number of carbonyl (C=O) groups excluding carboxylic acids is 1. The summed E-state index contributed by atoms with van der Waals surface area (Å²) in [5.74, 6) is 2.24. The average Bonchev–Trinajstić information content (AvgIpc) is 2.74. The lowest BCUT2D eigenvalue weighted by Crippen LogP contribution is -2.01. The van der Waals surface area contributed by atoms with Gasteiger partial charge in [-0.25, -0.2) is 0 Å². The van der Waals surface area contributed by atoms with Crippen LogP contribution in [0.5, 0.6) is 17.2 Å². The minimum atomic E-state index is -0.0649. The summed E-state index contributed by atoms with van der Waals surface area (Å²) in [6, 6.07) is 12.9. The second-order valence-electron chi connectivity index (χ2n) is 6.76. The molecule has 0 fully saturated rings. The second kappa shape index (κ2) is 12.7. The summed E-state index contributed by atoms with van der Waals surface area (Å²) in [6.07, 6.45) is 7.53. The van der Waals surface area contributed by atoms with Crippen molar-refractivity contribution < 1.29 is 19.0 Å². The van der Waals surface area contributed by atoms with Crippen LogP contribution in [0.25, 0.3) is 6.08 Å². The van der Waals surface area contributed by atoms with Crippen LogP contribution < -0.4 is 14.2 Å². The lowest BCUT2D eigenvalue weighted by atomic mass is 10.1. The number of allylic oxidation sites excluding steroid dienone is 1. The molecule has 0 amide bonds. The number of hydrogen-bond acceptors (Lipinski definition) is 4. The van der Waals surface area contributed by atoms with Crippen molar-refractivity contribution in [1.29, 1.82) is 0 Å². The number of unbranched alkanes of at least 4 members (excludes halogenated alkanes) is 2. The van der Waals surface area contributed by atoms with Crippen molar-refractivity contribution >= 4 is 11.9 Å². The van der Waals surface area contributed by atoms with Gasteiger partial charge in [-0.15, -0.1) is 0 Å². The van der Waals surface area contributed by atoms with Crippen LogP contribution in [0.15, 0.2) is 48.5 Å². The van der Waals surface area contributed by atoms with Gasteiger partial charge in [0.2, 0.25) is 0 Å². The van der Waals surface area contributed by atoms with Crippen LogP contribution in [0.2, 0.25) is 0 Å². The molecule has 0 heterocycles. The van der Waals surface area contributed by atoms with Gasteiger partial charge in [-0.05, 0) is 74.4 Å². The molecule has 0 unspecified atom stereocenters. The Kier molecular flexibility index (Phi) is 9.84. The van der Waals surface area contributed by atoms with Gasteiger partial charge >= 0.3 is 0 Å². The van der Waals surface area contributed by atoms with Gasteiger partial charge in [0.05, 0.1) is 19.8 Å². The summed E-state index contributed by atoms with van der Waals surface area (Å²) in [5, 5.41) is 0. The van der Waals surface area contributed by atoms with E-state index in [4.69, 9.17) is 14.2 Å². The van der Waals surface area contributed by atoms with Crippen molar-refractivity contribution in [3.63, 3.8) is 0 Å². The van der Waals surface area contributed by atoms with Crippen LogP contribution in [-0.4, -0.2) is 25.6 Å². The highest BCUT2D eigenvalue weighted by Gasteiger charge is 2.07. The van der Waals surface area contributed by atoms with E-state index in [0.717, 1.165) is 48.5 Å². The molecule has 4 nitrogen and oxygen atoms in total. The Morgan fingerprint density at radius 3 is 2.14 bits per heavy atom. The minimum Gasteiger partial charge on any atom is -0.494 e. The monoisotopic (exact) mass is 396 g/mol. The van der Waals surface area contributed by atoms with E-state index in [1.165, 1.54) is 0 Å². The van der Waals surface area contributed by atoms with Crippen LogP contribution in [0.4, 0.5) is 0 Å². The molecule has 0 N–H and O–H groups in total. The molecule has 0 atom stereocenters. The lowest BCUT2D eigenvalue weighted by molar-refractivity contribution is 0.104. The van der Waals surface area contributed by atoms with E-state index in [0.29, 0.717) is 25.4 Å². The molecule has 0 aromatic heterocycles. The number of rotatable bonds is 13. The minimum absolute atomic E-state index is 0.0649. The highest BCUT2D eigenvalue weighted by Crippen LogP contribution is 2.26. The number of ether oxygens (including phenoxy) is 3. The molecule has 156 valence electrons. The Morgan fingerprint density at radius 1 is 0.828 bits per heavy atom. The second-order valence-corrected chi connectivity index (χ2v) is 6.76. The topological polar surface area (TPSA) is 44.8 Å². The molecule has 0 aliphatic heterocycles. The van der Waals surface area contributed by atoms with E-state index < -0.39 is 0 Å². The Hall–Kier alpha value is -2.75. The maximum Gasteiger partial charge on any atom is 0.185 e. The standard InChI is InChI=1S/C25H32O4/c1-4-7-17-28-23-14-16-25(29-18-8-5-2)21(19-23)11-15-24(26)20-9-12-22(13-10-20)27-6-3/h9-16,19H,4-8,17-18H2,1-3H3. The molecule has 2 rings (SSSR count). The third-order valence-corrected chi connectivity index (χ3v) is 4.37. The largest absolute Gasteiger partial charge is 0.494 e. The summed E-state index contributed by atoms with van der Waals surface area (Å²) in [4.78, 5) is 12.6. The normalized spacial score (nSPS) is 10.9. The summed E-state index contributed by atoms with van der Waals surface area (Å²) in [7, 11) is 0. The highest BCUT2D eigenvalue weighted by atomic mass is 16.5. The molecular formula is C25H32O4. The van der Waals surface area contributed by atoms with Crippen molar-refractivity contribution in [3.05, 3.63) is 59.7 Å². The molecular weight excluding hydrogens is 364 g/mol. The fraction of sp³-hybridized carbons (Fsp3) is 0.400. The number of carbonyl (C=O) groups is 1. The van der Waals surface area contributed by atoms with Gasteiger partial charge in [0, 0.05) is 11.1 Å². The fourth-order valence-corrected chi connectivity index (χ4v) is 2.68. The molecule has 0 saturated carbocycles. The van der Waals surface area contributed by atoms with Gasteiger partial charge in [0.25, 0.3) is 0 Å². The Bertz CT molecular complexity index is 778. The van der Waals surface area contributed by atoms with Crippen molar-refractivity contribution in [2.45, 2.75) is 46.5 Å². The first-order valence-electron chi connectivity index (χ1n) is 10.5. The first-order valence-corrected chi connectivity index (χ1v) is 10.5. The van der Waals surface area contributed by atoms with Crippen LogP contribution in [0, 0.1) is 0 Å². The zero-order chi connectivity index (χ0) is 20.9. The molecule has 2 aromatic rings. The summed E-state index contributed by atoms with van der Waals surface area (Å²) >= 11 is 0. The van der Waals surface area contributed by atoms with E-state index in [1.54, 1.807) is 24.3 Å². The van der Waals surface area contributed by atoms with Crippen molar-refractivity contribution in [2.24, 2.45) is 0 Å². The van der Waals surface area contributed by atoms with Crippen molar-refractivity contribution in [1.82, 2.24) is 0 Å². The highest BCUT2D eigenvalue weighted by molar-refractivity contribution is 6.07. The molecule has 4 heteroatoms. The Labute approximate surface area is 174 Å². The molecule has 0 aliphatic carbocycles. The molecule has 0 aliphatic rings. The predicted octanol–water partition coefficient (Wildman–Crippen LogP) is 6.34. The molecule has 29 heavy (non-hydrogen) atoms. The third kappa shape index (κ3) is 7.65. The third-order valence-electron chi connectivity index (χ3n) is 4.37. The van der Waals surface area contributed by atoms with E-state index in [1.807, 2.05) is 37.3 Å². The molecule has 0 saturated heterocycles. The zero-order valence-corrected chi connectivity index (χ0v) is 17.8. The average molecular weight is 397 g/mol. The summed E-state index contributed by atoms with van der Waals surface area (Å²) < 4.78 is 17.1. The summed E-state index contributed by atoms with van der Waals surface area (Å²) in [5.41, 5.74) is 1.46. The number of ketones is 1. The number of hydrogen-bond donors (Lipinski definition) is 0. The van der Waals surface area contributed by atoms with Gasteiger partial charge in [0.15, 0.2) is 5.78 Å². The van der Waals surface area contributed by atoms with Crippen molar-refractivity contribution in [2.75, 3.05) is 19.8 Å². The van der Waals surface area contributed by atoms with E-state index in [9.17, 15) is 4.79 Å². The quantitative estimate of drug-likeness (QED) is 0.225. The Balaban J connectivity index is 2.14. The molecule has 0 radical (unpaired) electrons. The van der Waals surface area contributed by atoms with Crippen LogP contribution in [-0.2, 0) is 0 Å². The first-order chi connectivity index (χ1) is 14.2. The van der Waals surface area contributed by atoms with Gasteiger partial charge in [-0.3, -0.25) is 4.79 Å². The van der Waals surface area contributed by atoms with Crippen LogP contribution in [0.3, 0.4) is 0 Å². The zero-order valence-electron chi connectivity index (χ0n) is 17.8. The van der Waals surface area contributed by atoms with E-state index >= 15 is 0 Å². The van der Waals surface area contributed by atoms with Gasteiger partial charge in [0.1, 0.15) is 17.2 Å². The van der Waals surface area contributed by atoms with E-state index in [2.05, 4.69) is 13.8 Å².